The zero-order chi connectivity index (χ0) is 38.6. The third-order valence-corrected chi connectivity index (χ3v) is 14.4. The lowest BCUT2D eigenvalue weighted by Gasteiger charge is -2.34. The number of benzene rings is 9. The van der Waals surface area contributed by atoms with Gasteiger partial charge in [-0.15, -0.1) is 11.3 Å². The van der Waals surface area contributed by atoms with Gasteiger partial charge in [-0.25, -0.2) is 0 Å². The fourth-order valence-corrected chi connectivity index (χ4v) is 11.9. The molecule has 0 radical (unpaired) electrons. The molecule has 0 fully saturated rings. The van der Waals surface area contributed by atoms with Gasteiger partial charge in [0.2, 0.25) is 0 Å². The number of thiophene rings is 1. The Labute approximate surface area is 343 Å². The van der Waals surface area contributed by atoms with Crippen LogP contribution in [0.5, 0.6) is 0 Å². The maximum absolute atomic E-state index is 2.58. The molecule has 2 aliphatic carbocycles. The highest BCUT2D eigenvalue weighted by atomic mass is 32.1. The lowest BCUT2D eigenvalue weighted by Crippen LogP contribution is -2.28. The van der Waals surface area contributed by atoms with Crippen molar-refractivity contribution in [3.8, 4) is 22.3 Å². The first-order valence-corrected chi connectivity index (χ1v) is 21.1. The van der Waals surface area contributed by atoms with Crippen molar-refractivity contribution >= 4 is 59.3 Å². The summed E-state index contributed by atoms with van der Waals surface area (Å²) in [5.41, 5.74) is 16.0. The molecule has 0 unspecified atom stereocenters. The van der Waals surface area contributed by atoms with E-state index < -0.39 is 5.41 Å². The van der Waals surface area contributed by atoms with E-state index in [2.05, 4.69) is 219 Å². The van der Waals surface area contributed by atoms with Crippen LogP contribution in [-0.2, 0) is 10.8 Å². The van der Waals surface area contributed by atoms with Crippen LogP contribution in [0, 0.1) is 0 Å². The first kappa shape index (κ1) is 33.4. The zero-order valence-corrected chi connectivity index (χ0v) is 33.2. The van der Waals surface area contributed by atoms with Gasteiger partial charge in [0.1, 0.15) is 0 Å². The van der Waals surface area contributed by atoms with Gasteiger partial charge in [0.15, 0.2) is 0 Å². The summed E-state index contributed by atoms with van der Waals surface area (Å²) >= 11 is 1.92. The van der Waals surface area contributed by atoms with Crippen molar-refractivity contribution in [2.75, 3.05) is 4.90 Å². The minimum atomic E-state index is -0.500. The Balaban J connectivity index is 1.19. The van der Waals surface area contributed by atoms with Gasteiger partial charge in [-0.05, 0) is 85.1 Å². The molecule has 0 aliphatic heterocycles. The largest absolute Gasteiger partial charge is 0.308 e. The van der Waals surface area contributed by atoms with Crippen LogP contribution in [0.3, 0.4) is 0 Å². The lowest BCUT2D eigenvalue weighted by atomic mass is 9.68. The molecule has 1 aromatic heterocycles. The van der Waals surface area contributed by atoms with Crippen LogP contribution in [-0.4, -0.2) is 0 Å². The van der Waals surface area contributed by atoms with E-state index in [1.807, 2.05) is 11.3 Å². The molecule has 58 heavy (non-hydrogen) atoms. The van der Waals surface area contributed by atoms with Crippen LogP contribution in [0.1, 0.15) is 47.2 Å². The average Bonchev–Trinajstić information content (AvgIpc) is 3.89. The summed E-state index contributed by atoms with van der Waals surface area (Å²) in [5, 5.41) is 5.18. The van der Waals surface area contributed by atoms with Crippen LogP contribution < -0.4 is 4.90 Å². The Kier molecular flexibility index (Phi) is 7.13. The highest BCUT2D eigenvalue weighted by Gasteiger charge is 2.47. The first-order valence-electron chi connectivity index (χ1n) is 20.3. The van der Waals surface area contributed by atoms with Crippen LogP contribution in [0.4, 0.5) is 17.1 Å². The lowest BCUT2D eigenvalue weighted by molar-refractivity contribution is 0.660. The maximum atomic E-state index is 2.58. The zero-order valence-electron chi connectivity index (χ0n) is 32.4. The van der Waals surface area contributed by atoms with Gasteiger partial charge in [-0.2, -0.15) is 0 Å². The van der Waals surface area contributed by atoms with Crippen molar-refractivity contribution in [3.05, 3.63) is 234 Å². The summed E-state index contributed by atoms with van der Waals surface area (Å²) in [4.78, 5) is 2.58. The van der Waals surface area contributed by atoms with E-state index in [0.29, 0.717) is 0 Å². The fraction of sp³-hybridized carbons (Fsp3) is 0.0714. The molecule has 274 valence electrons. The SMILES string of the molecule is CC1(C)c2ccccc2-c2ccc(N(c3cccc4c3-c3ccccc3C4(c3ccccc3)c3ccccc3)c3cccc4c3sc3c5ccccc5ccc43)cc21. The summed E-state index contributed by atoms with van der Waals surface area (Å²) < 4.78 is 2.63. The van der Waals surface area contributed by atoms with Crippen LogP contribution in [0.2, 0.25) is 0 Å². The molecule has 12 rings (SSSR count). The molecule has 0 atom stereocenters. The Morgan fingerprint density at radius 1 is 0.397 bits per heavy atom. The summed E-state index contributed by atoms with van der Waals surface area (Å²) in [6.07, 6.45) is 0. The fourth-order valence-electron chi connectivity index (χ4n) is 10.6. The minimum Gasteiger partial charge on any atom is -0.308 e. The van der Waals surface area contributed by atoms with Gasteiger partial charge in [-0.1, -0.05) is 190 Å². The molecular weight excluding hydrogens is 719 g/mol. The van der Waals surface area contributed by atoms with Gasteiger partial charge in [0.25, 0.3) is 0 Å². The molecule has 0 saturated heterocycles. The third kappa shape index (κ3) is 4.47. The molecule has 0 amide bonds. The summed E-state index contributed by atoms with van der Waals surface area (Å²) in [6, 6.07) is 74.9. The highest BCUT2D eigenvalue weighted by molar-refractivity contribution is 7.27. The Morgan fingerprint density at radius 2 is 0.983 bits per heavy atom. The van der Waals surface area contributed by atoms with E-state index in [-0.39, 0.29) is 5.41 Å². The summed E-state index contributed by atoms with van der Waals surface area (Å²) in [7, 11) is 0. The van der Waals surface area contributed by atoms with Crippen molar-refractivity contribution in [1.82, 2.24) is 0 Å². The van der Waals surface area contributed by atoms with E-state index in [1.165, 1.54) is 98.0 Å². The third-order valence-electron chi connectivity index (χ3n) is 13.1. The molecule has 2 aliphatic rings. The van der Waals surface area contributed by atoms with Crippen molar-refractivity contribution < 1.29 is 0 Å². The van der Waals surface area contributed by atoms with Crippen molar-refractivity contribution in [2.24, 2.45) is 0 Å². The maximum Gasteiger partial charge on any atom is 0.0714 e. The molecule has 0 bridgehead atoms. The van der Waals surface area contributed by atoms with E-state index in [0.717, 1.165) is 5.69 Å². The van der Waals surface area contributed by atoms with E-state index >= 15 is 0 Å². The number of hydrogen-bond acceptors (Lipinski definition) is 2. The molecular formula is C56H39NS. The van der Waals surface area contributed by atoms with Crippen LogP contribution in [0.15, 0.2) is 200 Å². The second-order valence-corrected chi connectivity index (χ2v) is 17.4. The standard InChI is InChI=1S/C56H39NS/c1-55(2)46-26-13-11-23-41(46)42-34-32-39(35-49(42)55)57(51-30-15-25-43-44-33-31-36-17-9-10-22-40(36)53(44)58-54(43)51)50-29-16-28-48-52(50)45-24-12-14-27-47(45)56(48,37-18-5-3-6-19-37)38-20-7-4-8-21-38/h3-35H,1-2H3. The Morgan fingerprint density at radius 3 is 1.78 bits per heavy atom. The average molecular weight is 758 g/mol. The number of rotatable bonds is 5. The number of nitrogens with zero attached hydrogens (tertiary/aromatic N) is 1. The molecule has 1 heterocycles. The Hall–Kier alpha value is -6.74. The van der Waals surface area contributed by atoms with E-state index in [1.54, 1.807) is 0 Å². The summed E-state index contributed by atoms with van der Waals surface area (Å²) in [5.74, 6) is 0. The van der Waals surface area contributed by atoms with Crippen LogP contribution >= 0.6 is 11.3 Å². The minimum absolute atomic E-state index is 0.142. The number of anilines is 3. The predicted octanol–water partition coefficient (Wildman–Crippen LogP) is 15.3. The van der Waals surface area contributed by atoms with Gasteiger partial charge >= 0.3 is 0 Å². The van der Waals surface area contributed by atoms with E-state index in [9.17, 15) is 0 Å². The molecule has 0 spiro atoms. The topological polar surface area (TPSA) is 3.24 Å². The predicted molar refractivity (Wildman–Crippen MR) is 246 cm³/mol. The molecule has 0 saturated carbocycles. The van der Waals surface area contributed by atoms with Crippen molar-refractivity contribution in [2.45, 2.75) is 24.7 Å². The molecule has 0 N–H and O–H groups in total. The van der Waals surface area contributed by atoms with Crippen molar-refractivity contribution in [3.63, 3.8) is 0 Å². The van der Waals surface area contributed by atoms with Gasteiger partial charge in [-0.3, -0.25) is 0 Å². The van der Waals surface area contributed by atoms with Gasteiger partial charge in [0, 0.05) is 32.1 Å². The quantitative estimate of drug-likeness (QED) is 0.169. The van der Waals surface area contributed by atoms with Gasteiger partial charge in [0.05, 0.1) is 21.5 Å². The Bertz CT molecular complexity index is 3220. The highest BCUT2D eigenvalue weighted by Crippen LogP contribution is 2.60. The molecule has 1 nitrogen and oxygen atoms in total. The monoisotopic (exact) mass is 757 g/mol. The second kappa shape index (κ2) is 12.4. The molecule has 10 aromatic rings. The normalized spacial score (nSPS) is 14.3. The molecule has 9 aromatic carbocycles. The first-order chi connectivity index (χ1) is 28.5. The smallest absolute Gasteiger partial charge is 0.0714 e. The second-order valence-electron chi connectivity index (χ2n) is 16.4. The van der Waals surface area contributed by atoms with Crippen molar-refractivity contribution in [1.29, 1.82) is 0 Å². The van der Waals surface area contributed by atoms with Gasteiger partial charge < -0.3 is 4.90 Å². The van der Waals surface area contributed by atoms with E-state index in [4.69, 9.17) is 0 Å². The number of fused-ring (bicyclic) bond motifs is 11. The molecule has 2 heteroatoms. The summed E-state index contributed by atoms with van der Waals surface area (Å²) in [6.45, 7) is 4.77. The van der Waals surface area contributed by atoms with Crippen LogP contribution in [0.25, 0.3) is 53.2 Å². The number of hydrogen-bond donors (Lipinski definition) is 0.